The molecular weight excluding hydrogens is 452 g/mol. The lowest BCUT2D eigenvalue weighted by Crippen LogP contribution is -2.50. The van der Waals surface area contributed by atoms with E-state index in [1.54, 1.807) is 11.8 Å². The number of hydrogen-bond donors (Lipinski definition) is 0. The van der Waals surface area contributed by atoms with E-state index in [4.69, 9.17) is 9.72 Å². The minimum absolute atomic E-state index is 0.205. The molecule has 0 spiro atoms. The first kappa shape index (κ1) is 23.6. The number of carbonyl (C=O) groups is 2. The molecule has 7 heteroatoms. The van der Waals surface area contributed by atoms with Gasteiger partial charge in [-0.15, -0.1) is 0 Å². The van der Waals surface area contributed by atoms with Crippen molar-refractivity contribution in [3.05, 3.63) is 90.0 Å². The highest BCUT2D eigenvalue weighted by Crippen LogP contribution is 2.41. The SMILES string of the molecule is CCOC(=O)[C@@H]1C(=O)N(CCc2ccccc2)c2nc3ccccc3n2[C@@H]1c1ccc(N(C)C)cc1. The van der Waals surface area contributed by atoms with Crippen LogP contribution in [0.15, 0.2) is 78.9 Å². The van der Waals surface area contributed by atoms with Crippen LogP contribution in [0.1, 0.15) is 24.1 Å². The molecule has 1 aliphatic heterocycles. The van der Waals surface area contributed by atoms with Crippen molar-refractivity contribution in [1.82, 2.24) is 9.55 Å². The number of rotatable bonds is 7. The van der Waals surface area contributed by atoms with Crippen molar-refractivity contribution in [1.29, 1.82) is 0 Å². The second-order valence-electron chi connectivity index (χ2n) is 9.16. The number of nitrogens with zero attached hydrogens (tertiary/aromatic N) is 4. The maximum Gasteiger partial charge on any atom is 0.321 e. The standard InChI is InChI=1S/C29H30N4O3/c1-4-36-28(35)25-26(21-14-16-22(17-15-21)31(2)3)33-24-13-9-8-12-23(24)30-29(33)32(27(25)34)19-18-20-10-6-5-7-11-20/h5-17,25-26H,4,18-19H2,1-3H3/t25-,26+/m0/s1. The largest absolute Gasteiger partial charge is 0.465 e. The summed E-state index contributed by atoms with van der Waals surface area (Å²) >= 11 is 0. The van der Waals surface area contributed by atoms with Gasteiger partial charge in [-0.3, -0.25) is 14.5 Å². The summed E-state index contributed by atoms with van der Waals surface area (Å²) < 4.78 is 7.49. The Bertz CT molecular complexity index is 1380. The van der Waals surface area contributed by atoms with Crippen LogP contribution in [-0.4, -0.2) is 48.7 Å². The molecule has 36 heavy (non-hydrogen) atoms. The Kier molecular flexibility index (Phi) is 6.46. The molecule has 3 aromatic carbocycles. The van der Waals surface area contributed by atoms with Gasteiger partial charge in [0, 0.05) is 26.3 Å². The average molecular weight is 483 g/mol. The van der Waals surface area contributed by atoms with Crippen LogP contribution in [0, 0.1) is 5.92 Å². The topological polar surface area (TPSA) is 67.7 Å². The van der Waals surface area contributed by atoms with E-state index in [1.807, 2.05) is 102 Å². The molecule has 184 valence electrons. The number of imidazole rings is 1. The quantitative estimate of drug-likeness (QED) is 0.287. The fourth-order valence-electron chi connectivity index (χ4n) is 4.92. The number of aromatic nitrogens is 2. The highest BCUT2D eigenvalue weighted by Gasteiger charge is 2.47. The molecular formula is C29H30N4O3. The van der Waals surface area contributed by atoms with E-state index in [0.29, 0.717) is 18.9 Å². The van der Waals surface area contributed by atoms with E-state index < -0.39 is 17.9 Å². The predicted molar refractivity (Wildman–Crippen MR) is 141 cm³/mol. The molecule has 1 aliphatic rings. The molecule has 7 nitrogen and oxygen atoms in total. The normalized spacial score (nSPS) is 17.2. The highest BCUT2D eigenvalue weighted by molar-refractivity contribution is 6.08. The lowest BCUT2D eigenvalue weighted by molar-refractivity contribution is -0.153. The molecule has 0 N–H and O–H groups in total. The molecule has 2 atom stereocenters. The van der Waals surface area contributed by atoms with Crippen LogP contribution in [0.4, 0.5) is 11.6 Å². The van der Waals surface area contributed by atoms with Gasteiger partial charge in [-0.2, -0.15) is 0 Å². The Morgan fingerprint density at radius 2 is 1.67 bits per heavy atom. The second-order valence-corrected chi connectivity index (χ2v) is 9.16. The van der Waals surface area contributed by atoms with Crippen LogP contribution in [0.3, 0.4) is 0 Å². The fourth-order valence-corrected chi connectivity index (χ4v) is 4.92. The number of carbonyl (C=O) groups excluding carboxylic acids is 2. The van der Waals surface area contributed by atoms with Crippen molar-refractivity contribution in [2.45, 2.75) is 19.4 Å². The van der Waals surface area contributed by atoms with Gasteiger partial charge in [-0.05, 0) is 48.7 Å². The third kappa shape index (κ3) is 4.21. The Hall–Kier alpha value is -4.13. The molecule has 0 bridgehead atoms. The highest BCUT2D eigenvalue weighted by atomic mass is 16.5. The first-order valence-electron chi connectivity index (χ1n) is 12.3. The minimum atomic E-state index is -1.02. The van der Waals surface area contributed by atoms with Crippen LogP contribution in [0.25, 0.3) is 11.0 Å². The van der Waals surface area contributed by atoms with Gasteiger partial charge in [0.25, 0.3) is 0 Å². The summed E-state index contributed by atoms with van der Waals surface area (Å²) in [7, 11) is 3.96. The molecule has 0 radical (unpaired) electrons. The Balaban J connectivity index is 1.66. The Labute approximate surface area is 210 Å². The van der Waals surface area contributed by atoms with E-state index in [2.05, 4.69) is 0 Å². The van der Waals surface area contributed by atoms with Gasteiger partial charge in [0.2, 0.25) is 11.9 Å². The first-order valence-corrected chi connectivity index (χ1v) is 12.3. The molecule has 0 saturated carbocycles. The Morgan fingerprint density at radius 3 is 2.36 bits per heavy atom. The van der Waals surface area contributed by atoms with Crippen molar-refractivity contribution in [2.75, 3.05) is 37.0 Å². The Morgan fingerprint density at radius 1 is 0.972 bits per heavy atom. The molecule has 1 aromatic heterocycles. The van der Waals surface area contributed by atoms with E-state index in [-0.39, 0.29) is 12.5 Å². The zero-order valence-corrected chi connectivity index (χ0v) is 20.8. The molecule has 4 aromatic rings. The van der Waals surface area contributed by atoms with Crippen LogP contribution < -0.4 is 9.80 Å². The lowest BCUT2D eigenvalue weighted by atomic mass is 9.89. The van der Waals surface area contributed by atoms with Crippen LogP contribution >= 0.6 is 0 Å². The number of anilines is 2. The number of benzene rings is 3. The van der Waals surface area contributed by atoms with E-state index in [1.165, 1.54) is 0 Å². The lowest BCUT2D eigenvalue weighted by Gasteiger charge is -2.38. The summed E-state index contributed by atoms with van der Waals surface area (Å²) in [5.74, 6) is -1.26. The maximum atomic E-state index is 14.0. The summed E-state index contributed by atoms with van der Waals surface area (Å²) in [5, 5.41) is 0. The summed E-state index contributed by atoms with van der Waals surface area (Å²) in [6.45, 7) is 2.38. The minimum Gasteiger partial charge on any atom is -0.465 e. The van der Waals surface area contributed by atoms with Crippen molar-refractivity contribution in [3.8, 4) is 0 Å². The second kappa shape index (κ2) is 9.85. The third-order valence-corrected chi connectivity index (χ3v) is 6.70. The van der Waals surface area contributed by atoms with E-state index in [9.17, 15) is 9.59 Å². The number of esters is 1. The molecule has 0 saturated heterocycles. The van der Waals surface area contributed by atoms with Gasteiger partial charge in [-0.1, -0.05) is 54.6 Å². The monoisotopic (exact) mass is 482 g/mol. The summed E-state index contributed by atoms with van der Waals surface area (Å²) in [4.78, 5) is 35.9. The number of hydrogen-bond acceptors (Lipinski definition) is 5. The predicted octanol–water partition coefficient (Wildman–Crippen LogP) is 4.46. The van der Waals surface area contributed by atoms with Crippen molar-refractivity contribution in [3.63, 3.8) is 0 Å². The van der Waals surface area contributed by atoms with Gasteiger partial charge in [0.05, 0.1) is 23.7 Å². The number of fused-ring (bicyclic) bond motifs is 3. The third-order valence-electron chi connectivity index (χ3n) is 6.70. The summed E-state index contributed by atoms with van der Waals surface area (Å²) in [6.07, 6.45) is 0.646. The fraction of sp³-hybridized carbons (Fsp3) is 0.276. The number of ether oxygens (including phenoxy) is 1. The van der Waals surface area contributed by atoms with Gasteiger partial charge < -0.3 is 14.2 Å². The molecule has 5 rings (SSSR count). The van der Waals surface area contributed by atoms with Crippen molar-refractivity contribution < 1.29 is 14.3 Å². The van der Waals surface area contributed by atoms with Gasteiger partial charge in [0.15, 0.2) is 5.92 Å². The zero-order chi connectivity index (χ0) is 25.2. The molecule has 0 unspecified atom stereocenters. The zero-order valence-electron chi connectivity index (χ0n) is 20.8. The number of amides is 1. The average Bonchev–Trinajstić information content (AvgIpc) is 3.27. The van der Waals surface area contributed by atoms with Crippen molar-refractivity contribution >= 4 is 34.5 Å². The van der Waals surface area contributed by atoms with Crippen LogP contribution in [-0.2, 0) is 20.7 Å². The van der Waals surface area contributed by atoms with Gasteiger partial charge in [0.1, 0.15) is 0 Å². The van der Waals surface area contributed by atoms with E-state index >= 15 is 0 Å². The smallest absolute Gasteiger partial charge is 0.321 e. The van der Waals surface area contributed by atoms with Crippen molar-refractivity contribution in [2.24, 2.45) is 5.92 Å². The number of para-hydroxylation sites is 2. The summed E-state index contributed by atoms with van der Waals surface area (Å²) in [5.41, 5.74) is 4.67. The van der Waals surface area contributed by atoms with Gasteiger partial charge >= 0.3 is 5.97 Å². The maximum absolute atomic E-state index is 14.0. The summed E-state index contributed by atoms with van der Waals surface area (Å²) in [6, 6.07) is 25.2. The van der Waals surface area contributed by atoms with Crippen LogP contribution in [0.2, 0.25) is 0 Å². The van der Waals surface area contributed by atoms with E-state index in [0.717, 1.165) is 27.8 Å². The molecule has 2 heterocycles. The molecule has 0 fully saturated rings. The van der Waals surface area contributed by atoms with Gasteiger partial charge in [-0.25, -0.2) is 4.98 Å². The first-order chi connectivity index (χ1) is 17.5. The van der Waals surface area contributed by atoms with Crippen LogP contribution in [0.5, 0.6) is 0 Å². The molecule has 0 aliphatic carbocycles. The molecule has 1 amide bonds.